The molecule has 2 fully saturated rings. The summed E-state index contributed by atoms with van der Waals surface area (Å²) < 4.78 is 14.1. The molecule has 3 aliphatic heterocycles. The molecule has 3 aliphatic rings. The van der Waals surface area contributed by atoms with Crippen LogP contribution < -0.4 is 20.0 Å². The van der Waals surface area contributed by atoms with Gasteiger partial charge in [0.2, 0.25) is 0 Å². The zero-order valence-corrected chi connectivity index (χ0v) is 17.2. The highest BCUT2D eigenvalue weighted by Gasteiger charge is 2.38. The molecule has 5 heterocycles. The second-order valence-corrected chi connectivity index (χ2v) is 8.60. The summed E-state index contributed by atoms with van der Waals surface area (Å²) in [5.41, 5.74) is 1.11. The highest BCUT2D eigenvalue weighted by atomic mass is 19.1. The normalized spacial score (nSPS) is 23.2. The lowest BCUT2D eigenvalue weighted by atomic mass is 9.99. The van der Waals surface area contributed by atoms with Crippen LogP contribution in [-0.2, 0) is 0 Å². The van der Waals surface area contributed by atoms with Gasteiger partial charge in [0, 0.05) is 32.4 Å². The van der Waals surface area contributed by atoms with Gasteiger partial charge in [-0.2, -0.15) is 0 Å². The lowest BCUT2D eigenvalue weighted by molar-refractivity contribution is 0.252. The summed E-state index contributed by atoms with van der Waals surface area (Å²) in [6, 6.07) is 5.32. The first-order chi connectivity index (χ1) is 14.6. The summed E-state index contributed by atoms with van der Waals surface area (Å²) in [6.45, 7) is 5.98. The van der Waals surface area contributed by atoms with Crippen LogP contribution in [-0.4, -0.2) is 48.2 Å². The van der Waals surface area contributed by atoms with E-state index in [1.807, 2.05) is 0 Å². The molecule has 5 rings (SSSR count). The van der Waals surface area contributed by atoms with Crippen LogP contribution in [0.2, 0.25) is 0 Å². The number of carbonyl (C=O) groups excluding carboxylic acids is 1. The van der Waals surface area contributed by atoms with Crippen LogP contribution in [0.4, 0.5) is 32.2 Å². The minimum Gasteiger partial charge on any atom is -0.366 e. The number of amides is 2. The van der Waals surface area contributed by atoms with Crippen molar-refractivity contribution in [3.63, 3.8) is 0 Å². The van der Waals surface area contributed by atoms with E-state index in [9.17, 15) is 9.18 Å². The number of piperidine rings is 2. The van der Waals surface area contributed by atoms with Crippen molar-refractivity contribution in [3.05, 3.63) is 36.4 Å². The molecule has 2 aromatic heterocycles. The monoisotopic (exact) mass is 410 g/mol. The fraction of sp³-hybridized carbons (Fsp3) is 0.500. The molecule has 158 valence electrons. The Kier molecular flexibility index (Phi) is 4.92. The van der Waals surface area contributed by atoms with Crippen LogP contribution in [0, 0.1) is 11.7 Å². The number of anilines is 4. The van der Waals surface area contributed by atoms with Crippen molar-refractivity contribution >= 4 is 29.0 Å². The second kappa shape index (κ2) is 7.74. The van der Waals surface area contributed by atoms with Gasteiger partial charge in [-0.1, -0.05) is 6.92 Å². The number of rotatable bonds is 2. The summed E-state index contributed by atoms with van der Waals surface area (Å²) in [5, 5.41) is 2.73. The zero-order valence-electron chi connectivity index (χ0n) is 17.2. The molecule has 2 amide bonds. The van der Waals surface area contributed by atoms with E-state index >= 15 is 0 Å². The Bertz CT molecular complexity index is 953. The predicted molar refractivity (Wildman–Crippen MR) is 116 cm³/mol. The molecule has 0 spiro atoms. The molecule has 7 nitrogen and oxygen atoms in total. The molecule has 2 aromatic rings. The number of pyridine rings is 2. The number of hydrogen-bond donors (Lipinski definition) is 1. The number of hydrogen-bond acceptors (Lipinski definition) is 5. The highest BCUT2D eigenvalue weighted by Crippen LogP contribution is 2.40. The van der Waals surface area contributed by atoms with E-state index in [2.05, 4.69) is 39.2 Å². The van der Waals surface area contributed by atoms with Gasteiger partial charge < -0.3 is 15.1 Å². The molecule has 0 radical (unpaired) electrons. The standard InChI is InChI=1S/C22H27FN6O/c1-15-4-2-11-28(13-15)20-7-6-19-21(26-20)29(16-5-3-10-27(19)14-16)22(30)25-18-8-9-24-12-17(18)23/h6-9,12,15-16H,2-5,10-11,13-14H2,1H3,(H,24,25,30)/t15?,16-/m0/s1. The van der Waals surface area contributed by atoms with Gasteiger partial charge >= 0.3 is 6.03 Å². The van der Waals surface area contributed by atoms with Crippen LogP contribution in [0.1, 0.15) is 32.6 Å². The lowest BCUT2D eigenvalue weighted by Gasteiger charge is -2.46. The minimum absolute atomic E-state index is 0.0270. The number of nitrogens with zero attached hydrogens (tertiary/aromatic N) is 5. The van der Waals surface area contributed by atoms with Gasteiger partial charge in [0.1, 0.15) is 5.82 Å². The van der Waals surface area contributed by atoms with E-state index in [0.29, 0.717) is 11.7 Å². The van der Waals surface area contributed by atoms with Crippen LogP contribution >= 0.6 is 0 Å². The van der Waals surface area contributed by atoms with Gasteiger partial charge in [0.25, 0.3) is 0 Å². The second-order valence-electron chi connectivity index (χ2n) is 8.60. The number of aromatic nitrogens is 2. The SMILES string of the molecule is CC1CCCN(c2ccc3c(n2)N(C(=O)Nc2ccncc2F)[C@H]2CCCN3C2)C1. The fourth-order valence-electron chi connectivity index (χ4n) is 4.90. The van der Waals surface area contributed by atoms with E-state index < -0.39 is 5.82 Å². The fourth-order valence-corrected chi connectivity index (χ4v) is 4.90. The molecule has 2 atom stereocenters. The summed E-state index contributed by atoms with van der Waals surface area (Å²) in [4.78, 5) is 28.4. The molecular formula is C22H27FN6O. The molecule has 2 bridgehead atoms. The van der Waals surface area contributed by atoms with Gasteiger partial charge in [0.05, 0.1) is 23.6 Å². The van der Waals surface area contributed by atoms with Crippen molar-refractivity contribution < 1.29 is 9.18 Å². The third-order valence-corrected chi connectivity index (χ3v) is 6.38. The minimum atomic E-state index is -0.544. The molecule has 0 aliphatic carbocycles. The number of fused-ring (bicyclic) bond motifs is 4. The third kappa shape index (κ3) is 3.44. The Morgan fingerprint density at radius 3 is 2.80 bits per heavy atom. The quantitative estimate of drug-likeness (QED) is 0.814. The smallest absolute Gasteiger partial charge is 0.327 e. The third-order valence-electron chi connectivity index (χ3n) is 6.38. The Morgan fingerprint density at radius 2 is 1.97 bits per heavy atom. The van der Waals surface area contributed by atoms with Crippen molar-refractivity contribution in [1.29, 1.82) is 0 Å². The average molecular weight is 410 g/mol. The largest absolute Gasteiger partial charge is 0.366 e. The average Bonchev–Trinajstić information content (AvgIpc) is 2.75. The summed E-state index contributed by atoms with van der Waals surface area (Å²) in [7, 11) is 0. The number of carbonyl (C=O) groups is 1. The summed E-state index contributed by atoms with van der Waals surface area (Å²) >= 11 is 0. The summed E-state index contributed by atoms with van der Waals surface area (Å²) in [5.74, 6) is 1.68. The van der Waals surface area contributed by atoms with E-state index in [1.54, 1.807) is 4.90 Å². The Labute approximate surface area is 175 Å². The van der Waals surface area contributed by atoms with E-state index in [4.69, 9.17) is 4.98 Å². The first-order valence-electron chi connectivity index (χ1n) is 10.8. The van der Waals surface area contributed by atoms with Gasteiger partial charge in [-0.3, -0.25) is 9.88 Å². The molecule has 30 heavy (non-hydrogen) atoms. The Hall–Kier alpha value is -2.90. The van der Waals surface area contributed by atoms with Crippen molar-refractivity contribution in [2.75, 3.05) is 46.2 Å². The maximum Gasteiger partial charge on any atom is 0.327 e. The molecule has 1 N–H and O–H groups in total. The molecule has 0 saturated carbocycles. The first-order valence-corrected chi connectivity index (χ1v) is 10.8. The first kappa shape index (κ1) is 19.1. The Morgan fingerprint density at radius 1 is 1.13 bits per heavy atom. The number of urea groups is 1. The van der Waals surface area contributed by atoms with Gasteiger partial charge in [-0.05, 0) is 49.8 Å². The maximum absolute atomic E-state index is 14.1. The number of nitrogens with one attached hydrogen (secondary N) is 1. The topological polar surface area (TPSA) is 64.6 Å². The van der Waals surface area contributed by atoms with Crippen LogP contribution in [0.25, 0.3) is 0 Å². The van der Waals surface area contributed by atoms with Crippen LogP contribution in [0.3, 0.4) is 0 Å². The predicted octanol–water partition coefficient (Wildman–Crippen LogP) is 3.87. The van der Waals surface area contributed by atoms with E-state index in [1.165, 1.54) is 18.7 Å². The molecule has 8 heteroatoms. The number of halogens is 1. The van der Waals surface area contributed by atoms with Crippen LogP contribution in [0.5, 0.6) is 0 Å². The van der Waals surface area contributed by atoms with Crippen molar-refractivity contribution in [3.8, 4) is 0 Å². The van der Waals surface area contributed by atoms with Gasteiger partial charge in [0.15, 0.2) is 11.6 Å². The van der Waals surface area contributed by atoms with Crippen molar-refractivity contribution in [2.45, 2.75) is 38.6 Å². The summed E-state index contributed by atoms with van der Waals surface area (Å²) in [6.07, 6.45) is 6.90. The van der Waals surface area contributed by atoms with E-state index in [0.717, 1.165) is 63.1 Å². The van der Waals surface area contributed by atoms with Crippen LogP contribution in [0.15, 0.2) is 30.6 Å². The van der Waals surface area contributed by atoms with Crippen molar-refractivity contribution in [2.24, 2.45) is 5.92 Å². The zero-order chi connectivity index (χ0) is 20.7. The van der Waals surface area contributed by atoms with Gasteiger partial charge in [-0.25, -0.2) is 14.2 Å². The molecule has 1 unspecified atom stereocenters. The molecule has 2 saturated heterocycles. The highest BCUT2D eigenvalue weighted by molar-refractivity contribution is 6.04. The van der Waals surface area contributed by atoms with Crippen molar-refractivity contribution in [1.82, 2.24) is 9.97 Å². The van der Waals surface area contributed by atoms with Gasteiger partial charge in [-0.15, -0.1) is 0 Å². The van der Waals surface area contributed by atoms with E-state index in [-0.39, 0.29) is 17.8 Å². The maximum atomic E-state index is 14.1. The molecule has 0 aromatic carbocycles. The Balaban J connectivity index is 1.50. The lowest BCUT2D eigenvalue weighted by Crippen LogP contribution is -2.56. The molecular weight excluding hydrogens is 383 g/mol.